The predicted molar refractivity (Wildman–Crippen MR) is 68.3 cm³/mol. The molecule has 0 amide bonds. The van der Waals surface area contributed by atoms with Crippen LogP contribution in [-0.2, 0) is 6.54 Å². The van der Waals surface area contributed by atoms with Crippen LogP contribution in [0.25, 0.3) is 0 Å². The number of pyridine rings is 1. The Morgan fingerprint density at radius 2 is 2.06 bits per heavy atom. The van der Waals surface area contributed by atoms with Crippen molar-refractivity contribution in [1.29, 1.82) is 0 Å². The number of nitrogens with zero attached hydrogens (tertiary/aromatic N) is 1. The van der Waals surface area contributed by atoms with Crippen molar-refractivity contribution in [1.82, 2.24) is 10.3 Å². The van der Waals surface area contributed by atoms with Crippen LogP contribution in [0.1, 0.15) is 11.3 Å². The lowest BCUT2D eigenvalue weighted by Gasteiger charge is -2.07. The maximum Gasteiger partial charge on any atom is 0.145 e. The molecule has 1 aromatic carbocycles. The topological polar surface area (TPSA) is 34.1 Å². The summed E-state index contributed by atoms with van der Waals surface area (Å²) in [4.78, 5) is 4.20. The molecule has 3 nitrogen and oxygen atoms in total. The van der Waals surface area contributed by atoms with Gasteiger partial charge in [0.05, 0.1) is 6.20 Å². The van der Waals surface area contributed by atoms with Crippen LogP contribution in [0.15, 0.2) is 42.6 Å². The van der Waals surface area contributed by atoms with Crippen molar-refractivity contribution in [2.75, 3.05) is 7.05 Å². The van der Waals surface area contributed by atoms with E-state index in [0.717, 1.165) is 23.7 Å². The maximum atomic E-state index is 5.73. The van der Waals surface area contributed by atoms with Gasteiger partial charge in [0.25, 0.3) is 0 Å². The van der Waals surface area contributed by atoms with E-state index in [0.29, 0.717) is 0 Å². The van der Waals surface area contributed by atoms with E-state index in [1.54, 1.807) is 6.20 Å². The Morgan fingerprint density at radius 1 is 1.18 bits per heavy atom. The lowest BCUT2D eigenvalue weighted by Crippen LogP contribution is -2.04. The van der Waals surface area contributed by atoms with Gasteiger partial charge in [0, 0.05) is 12.2 Å². The zero-order chi connectivity index (χ0) is 12.1. The smallest absolute Gasteiger partial charge is 0.145 e. The van der Waals surface area contributed by atoms with Crippen molar-refractivity contribution in [3.63, 3.8) is 0 Å². The molecule has 0 fully saturated rings. The summed E-state index contributed by atoms with van der Waals surface area (Å²) in [5, 5.41) is 3.11. The van der Waals surface area contributed by atoms with Crippen LogP contribution in [0.5, 0.6) is 11.5 Å². The normalized spacial score (nSPS) is 10.2. The number of nitrogens with one attached hydrogen (secondary N) is 1. The third-order valence-corrected chi connectivity index (χ3v) is 2.40. The summed E-state index contributed by atoms with van der Waals surface area (Å²) in [5.74, 6) is 1.60. The first-order valence-electron chi connectivity index (χ1n) is 5.62. The first-order chi connectivity index (χ1) is 8.28. The minimum Gasteiger partial charge on any atom is -0.456 e. The van der Waals surface area contributed by atoms with E-state index in [-0.39, 0.29) is 0 Å². The number of ether oxygens (including phenoxy) is 1. The monoisotopic (exact) mass is 228 g/mol. The number of rotatable bonds is 4. The number of hydrogen-bond acceptors (Lipinski definition) is 3. The largest absolute Gasteiger partial charge is 0.456 e. The van der Waals surface area contributed by atoms with Gasteiger partial charge in [-0.15, -0.1) is 0 Å². The summed E-state index contributed by atoms with van der Waals surface area (Å²) in [5.41, 5.74) is 2.19. The fraction of sp³-hybridized carbons (Fsp3) is 0.214. The van der Waals surface area contributed by atoms with E-state index in [1.807, 2.05) is 44.3 Å². The van der Waals surface area contributed by atoms with Gasteiger partial charge in [-0.3, -0.25) is 4.98 Å². The van der Waals surface area contributed by atoms with Crippen LogP contribution in [0.3, 0.4) is 0 Å². The van der Waals surface area contributed by atoms with E-state index >= 15 is 0 Å². The van der Waals surface area contributed by atoms with Crippen LogP contribution in [0.2, 0.25) is 0 Å². The lowest BCUT2D eigenvalue weighted by molar-refractivity contribution is 0.479. The van der Waals surface area contributed by atoms with Crippen molar-refractivity contribution in [3.8, 4) is 11.5 Å². The van der Waals surface area contributed by atoms with E-state index in [4.69, 9.17) is 4.74 Å². The number of aromatic nitrogens is 1. The molecule has 2 aromatic rings. The molecule has 1 N–H and O–H groups in total. The second-order valence-corrected chi connectivity index (χ2v) is 3.92. The molecule has 88 valence electrons. The average Bonchev–Trinajstić information content (AvgIpc) is 2.33. The standard InChI is InChI=1S/C14H16N2O/c1-11-6-7-14(10-16-11)17-13-5-3-4-12(8-13)9-15-2/h3-8,10,15H,9H2,1-2H3. The summed E-state index contributed by atoms with van der Waals surface area (Å²) in [6, 6.07) is 11.9. The van der Waals surface area contributed by atoms with Gasteiger partial charge < -0.3 is 10.1 Å². The zero-order valence-electron chi connectivity index (χ0n) is 10.1. The van der Waals surface area contributed by atoms with Crippen molar-refractivity contribution in [2.24, 2.45) is 0 Å². The summed E-state index contributed by atoms with van der Waals surface area (Å²) in [6.45, 7) is 2.79. The zero-order valence-corrected chi connectivity index (χ0v) is 10.1. The Morgan fingerprint density at radius 3 is 2.76 bits per heavy atom. The quantitative estimate of drug-likeness (QED) is 0.873. The Labute approximate surface area is 101 Å². The number of aryl methyl sites for hydroxylation is 1. The second-order valence-electron chi connectivity index (χ2n) is 3.92. The third-order valence-electron chi connectivity index (χ3n) is 2.40. The van der Waals surface area contributed by atoms with Crippen molar-refractivity contribution >= 4 is 0 Å². The maximum absolute atomic E-state index is 5.73. The van der Waals surface area contributed by atoms with Gasteiger partial charge in [-0.1, -0.05) is 12.1 Å². The SMILES string of the molecule is CNCc1cccc(Oc2ccc(C)nc2)c1. The van der Waals surface area contributed by atoms with E-state index < -0.39 is 0 Å². The number of hydrogen-bond donors (Lipinski definition) is 1. The molecule has 0 unspecified atom stereocenters. The summed E-state index contributed by atoms with van der Waals surface area (Å²) in [6.07, 6.45) is 1.74. The summed E-state index contributed by atoms with van der Waals surface area (Å²) >= 11 is 0. The highest BCUT2D eigenvalue weighted by molar-refractivity contribution is 5.33. The fourth-order valence-electron chi connectivity index (χ4n) is 1.57. The molecule has 1 aromatic heterocycles. The van der Waals surface area contributed by atoms with Gasteiger partial charge in [0.1, 0.15) is 11.5 Å². The number of benzene rings is 1. The summed E-state index contributed by atoms with van der Waals surface area (Å²) < 4.78 is 5.73. The molecule has 0 radical (unpaired) electrons. The van der Waals surface area contributed by atoms with Gasteiger partial charge in [-0.25, -0.2) is 0 Å². The third kappa shape index (κ3) is 3.29. The van der Waals surface area contributed by atoms with Gasteiger partial charge >= 0.3 is 0 Å². The molecule has 17 heavy (non-hydrogen) atoms. The van der Waals surface area contributed by atoms with E-state index in [9.17, 15) is 0 Å². The minimum atomic E-state index is 0.761. The van der Waals surface area contributed by atoms with Crippen LogP contribution < -0.4 is 10.1 Å². The Bertz CT molecular complexity index is 480. The highest BCUT2D eigenvalue weighted by atomic mass is 16.5. The molecule has 2 rings (SSSR count). The molecule has 0 aliphatic heterocycles. The molecule has 0 aliphatic rings. The van der Waals surface area contributed by atoms with Crippen LogP contribution in [-0.4, -0.2) is 12.0 Å². The predicted octanol–water partition coefficient (Wildman–Crippen LogP) is 2.90. The molecule has 0 saturated heterocycles. The molecule has 1 heterocycles. The van der Waals surface area contributed by atoms with Crippen LogP contribution in [0, 0.1) is 6.92 Å². The van der Waals surface area contributed by atoms with Crippen LogP contribution >= 0.6 is 0 Å². The highest BCUT2D eigenvalue weighted by Crippen LogP contribution is 2.21. The molecular weight excluding hydrogens is 212 g/mol. The lowest BCUT2D eigenvalue weighted by atomic mass is 10.2. The molecular formula is C14H16N2O. The Kier molecular flexibility index (Phi) is 3.73. The highest BCUT2D eigenvalue weighted by Gasteiger charge is 1.99. The average molecular weight is 228 g/mol. The fourth-order valence-corrected chi connectivity index (χ4v) is 1.57. The first-order valence-corrected chi connectivity index (χ1v) is 5.62. The Balaban J connectivity index is 2.12. The molecule has 0 saturated carbocycles. The molecule has 3 heteroatoms. The van der Waals surface area contributed by atoms with Gasteiger partial charge in [-0.2, -0.15) is 0 Å². The van der Waals surface area contributed by atoms with Crippen molar-refractivity contribution in [3.05, 3.63) is 53.9 Å². The molecule has 0 atom stereocenters. The molecule has 0 spiro atoms. The Hall–Kier alpha value is -1.87. The second kappa shape index (κ2) is 5.46. The minimum absolute atomic E-state index is 0.761. The van der Waals surface area contributed by atoms with Gasteiger partial charge in [0.15, 0.2) is 0 Å². The summed E-state index contributed by atoms with van der Waals surface area (Å²) in [7, 11) is 1.93. The van der Waals surface area contributed by atoms with E-state index in [1.165, 1.54) is 5.56 Å². The van der Waals surface area contributed by atoms with Gasteiger partial charge in [0.2, 0.25) is 0 Å². The first kappa shape index (κ1) is 11.6. The molecule has 0 bridgehead atoms. The molecule has 0 aliphatic carbocycles. The van der Waals surface area contributed by atoms with E-state index in [2.05, 4.69) is 16.4 Å². The van der Waals surface area contributed by atoms with Gasteiger partial charge in [-0.05, 0) is 43.8 Å². The van der Waals surface area contributed by atoms with Crippen molar-refractivity contribution < 1.29 is 4.74 Å². The van der Waals surface area contributed by atoms with Crippen LogP contribution in [0.4, 0.5) is 0 Å². The van der Waals surface area contributed by atoms with Crippen molar-refractivity contribution in [2.45, 2.75) is 13.5 Å².